The number of aryl methyl sites for hydroxylation is 1. The number of anilines is 2. The van der Waals surface area contributed by atoms with E-state index < -0.39 is 0 Å². The van der Waals surface area contributed by atoms with Crippen molar-refractivity contribution in [2.24, 2.45) is 0 Å². The molecule has 7 heteroatoms. The lowest BCUT2D eigenvalue weighted by atomic mass is 10.2. The zero-order valence-electron chi connectivity index (χ0n) is 13.1. The van der Waals surface area contributed by atoms with Gasteiger partial charge in [-0.25, -0.2) is 4.68 Å². The lowest BCUT2D eigenvalue weighted by Gasteiger charge is -2.13. The summed E-state index contributed by atoms with van der Waals surface area (Å²) in [5.41, 5.74) is 1.72. The summed E-state index contributed by atoms with van der Waals surface area (Å²) in [6.07, 6.45) is 0.957. The minimum atomic E-state index is -0.341. The predicted octanol–water partition coefficient (Wildman–Crippen LogP) is 2.67. The van der Waals surface area contributed by atoms with Crippen LogP contribution >= 0.6 is 11.6 Å². The van der Waals surface area contributed by atoms with Gasteiger partial charge in [-0.3, -0.25) is 9.59 Å². The van der Waals surface area contributed by atoms with E-state index in [9.17, 15) is 9.59 Å². The lowest BCUT2D eigenvalue weighted by Crippen LogP contribution is -2.29. The Labute approximate surface area is 139 Å². The van der Waals surface area contributed by atoms with Crippen molar-refractivity contribution in [1.82, 2.24) is 9.78 Å². The van der Waals surface area contributed by atoms with Gasteiger partial charge in [0.2, 0.25) is 5.91 Å². The number of nitrogens with zero attached hydrogens (tertiary/aromatic N) is 2. The van der Waals surface area contributed by atoms with Crippen molar-refractivity contribution < 1.29 is 4.79 Å². The molecule has 0 aliphatic carbocycles. The van der Waals surface area contributed by atoms with E-state index in [1.54, 1.807) is 25.1 Å². The van der Waals surface area contributed by atoms with Gasteiger partial charge in [-0.05, 0) is 37.6 Å². The summed E-state index contributed by atoms with van der Waals surface area (Å²) in [4.78, 5) is 23.9. The molecule has 6 nitrogen and oxygen atoms in total. The zero-order valence-corrected chi connectivity index (χ0v) is 13.9. The molecule has 23 heavy (non-hydrogen) atoms. The molecule has 2 aromatic rings. The molecule has 0 atom stereocenters. The van der Waals surface area contributed by atoms with Crippen molar-refractivity contribution in [3.05, 3.63) is 51.4 Å². The van der Waals surface area contributed by atoms with Crippen LogP contribution in [0.5, 0.6) is 0 Å². The molecule has 122 valence electrons. The fraction of sp³-hybridized carbons (Fsp3) is 0.312. The van der Waals surface area contributed by atoms with Crippen molar-refractivity contribution in [3.8, 4) is 0 Å². The number of benzene rings is 1. The van der Waals surface area contributed by atoms with Crippen molar-refractivity contribution >= 4 is 28.9 Å². The van der Waals surface area contributed by atoms with Gasteiger partial charge in [0, 0.05) is 17.6 Å². The van der Waals surface area contributed by atoms with Gasteiger partial charge in [-0.2, -0.15) is 5.10 Å². The predicted molar refractivity (Wildman–Crippen MR) is 92.1 cm³/mol. The van der Waals surface area contributed by atoms with Crippen LogP contribution in [-0.2, 0) is 11.3 Å². The Balaban J connectivity index is 2.14. The van der Waals surface area contributed by atoms with Crippen LogP contribution in [0.15, 0.2) is 35.1 Å². The summed E-state index contributed by atoms with van der Waals surface area (Å²) >= 11 is 5.99. The van der Waals surface area contributed by atoms with Crippen LogP contribution < -0.4 is 16.2 Å². The fourth-order valence-electron chi connectivity index (χ4n) is 2.02. The van der Waals surface area contributed by atoms with E-state index in [4.69, 9.17) is 11.6 Å². The van der Waals surface area contributed by atoms with E-state index >= 15 is 0 Å². The van der Waals surface area contributed by atoms with Gasteiger partial charge in [0.05, 0.1) is 17.1 Å². The summed E-state index contributed by atoms with van der Waals surface area (Å²) in [6.45, 7) is 4.44. The standard InChI is InChI=1S/C16H19ClN4O2/c1-3-8-18-13-6-5-12(17)9-14(13)19-15(22)10-21-16(23)7-4-11(2)20-21/h4-7,9,18H,3,8,10H2,1-2H3,(H,19,22). The van der Waals surface area contributed by atoms with Gasteiger partial charge < -0.3 is 10.6 Å². The van der Waals surface area contributed by atoms with Crippen LogP contribution in [0, 0.1) is 6.92 Å². The third-order valence-electron chi connectivity index (χ3n) is 3.11. The van der Waals surface area contributed by atoms with E-state index in [0.717, 1.165) is 23.3 Å². The molecule has 0 saturated heterocycles. The van der Waals surface area contributed by atoms with Gasteiger partial charge in [0.25, 0.3) is 5.56 Å². The molecule has 0 radical (unpaired) electrons. The fourth-order valence-corrected chi connectivity index (χ4v) is 2.20. The molecule has 1 aromatic heterocycles. The van der Waals surface area contributed by atoms with Crippen molar-refractivity contribution in [2.45, 2.75) is 26.8 Å². The first kappa shape index (κ1) is 17.0. The molecule has 1 amide bonds. The van der Waals surface area contributed by atoms with Gasteiger partial charge in [-0.15, -0.1) is 0 Å². The van der Waals surface area contributed by atoms with Gasteiger partial charge in [-0.1, -0.05) is 18.5 Å². The zero-order chi connectivity index (χ0) is 16.8. The molecule has 0 unspecified atom stereocenters. The van der Waals surface area contributed by atoms with Crippen molar-refractivity contribution in [1.29, 1.82) is 0 Å². The molecule has 0 saturated carbocycles. The number of amides is 1. The largest absolute Gasteiger partial charge is 0.383 e. The molecule has 0 bridgehead atoms. The third-order valence-corrected chi connectivity index (χ3v) is 3.35. The first-order valence-corrected chi connectivity index (χ1v) is 7.75. The average Bonchev–Trinajstić information content (AvgIpc) is 2.50. The summed E-state index contributed by atoms with van der Waals surface area (Å²) in [5, 5.41) is 10.6. The molecule has 2 N–H and O–H groups in total. The molecule has 0 spiro atoms. The summed E-state index contributed by atoms with van der Waals surface area (Å²) < 4.78 is 1.13. The molecule has 0 aliphatic rings. The maximum atomic E-state index is 12.2. The molecule has 1 heterocycles. The first-order chi connectivity index (χ1) is 11.0. The number of aromatic nitrogens is 2. The Morgan fingerprint density at radius 2 is 2.04 bits per heavy atom. The second kappa shape index (κ2) is 7.78. The number of carbonyl (C=O) groups excluding carboxylic acids is 1. The topological polar surface area (TPSA) is 76.0 Å². The second-order valence-corrected chi connectivity index (χ2v) is 5.57. The maximum absolute atomic E-state index is 12.2. The number of hydrogen-bond donors (Lipinski definition) is 2. The van der Waals surface area contributed by atoms with E-state index in [-0.39, 0.29) is 18.0 Å². The summed E-state index contributed by atoms with van der Waals surface area (Å²) in [7, 11) is 0. The quantitative estimate of drug-likeness (QED) is 0.851. The number of nitrogens with one attached hydrogen (secondary N) is 2. The minimum Gasteiger partial charge on any atom is -0.383 e. The molecular weight excluding hydrogens is 316 g/mol. The van der Waals surface area contributed by atoms with Crippen LogP contribution in [0.1, 0.15) is 19.0 Å². The summed E-state index contributed by atoms with van der Waals surface area (Å²) in [5.74, 6) is -0.341. The van der Waals surface area contributed by atoms with Crippen molar-refractivity contribution in [2.75, 3.05) is 17.2 Å². The first-order valence-electron chi connectivity index (χ1n) is 7.37. The lowest BCUT2D eigenvalue weighted by molar-refractivity contribution is -0.117. The van der Waals surface area contributed by atoms with E-state index in [2.05, 4.69) is 22.7 Å². The van der Waals surface area contributed by atoms with Crippen LogP contribution in [-0.4, -0.2) is 22.2 Å². The smallest absolute Gasteiger partial charge is 0.267 e. The highest BCUT2D eigenvalue weighted by Gasteiger charge is 2.10. The van der Waals surface area contributed by atoms with Crippen LogP contribution in [0.3, 0.4) is 0 Å². The Morgan fingerprint density at radius 3 is 2.78 bits per heavy atom. The van der Waals surface area contributed by atoms with Crippen LogP contribution in [0.25, 0.3) is 0 Å². The Hall–Kier alpha value is -2.34. The van der Waals surface area contributed by atoms with E-state index in [1.165, 1.54) is 6.07 Å². The highest BCUT2D eigenvalue weighted by molar-refractivity contribution is 6.31. The monoisotopic (exact) mass is 334 g/mol. The van der Waals surface area contributed by atoms with Gasteiger partial charge in [0.15, 0.2) is 0 Å². The van der Waals surface area contributed by atoms with E-state index in [0.29, 0.717) is 16.4 Å². The van der Waals surface area contributed by atoms with Crippen LogP contribution in [0.4, 0.5) is 11.4 Å². The van der Waals surface area contributed by atoms with Gasteiger partial charge >= 0.3 is 0 Å². The Bertz CT molecular complexity index is 758. The molecule has 0 aliphatic heterocycles. The average molecular weight is 335 g/mol. The molecule has 0 fully saturated rings. The van der Waals surface area contributed by atoms with Crippen LogP contribution in [0.2, 0.25) is 5.02 Å². The van der Waals surface area contributed by atoms with Crippen molar-refractivity contribution in [3.63, 3.8) is 0 Å². The second-order valence-electron chi connectivity index (χ2n) is 5.14. The maximum Gasteiger partial charge on any atom is 0.267 e. The summed E-state index contributed by atoms with van der Waals surface area (Å²) in [6, 6.07) is 8.24. The Kier molecular flexibility index (Phi) is 5.76. The molecular formula is C16H19ClN4O2. The molecule has 1 aromatic carbocycles. The van der Waals surface area contributed by atoms with Gasteiger partial charge in [0.1, 0.15) is 6.54 Å². The SMILES string of the molecule is CCCNc1ccc(Cl)cc1NC(=O)Cn1nc(C)ccc1=O. The number of hydrogen-bond acceptors (Lipinski definition) is 4. The Morgan fingerprint density at radius 1 is 1.26 bits per heavy atom. The third kappa shape index (κ3) is 4.82. The minimum absolute atomic E-state index is 0.153. The highest BCUT2D eigenvalue weighted by atomic mass is 35.5. The van der Waals surface area contributed by atoms with E-state index in [1.807, 2.05) is 6.07 Å². The normalized spacial score (nSPS) is 10.4. The number of rotatable bonds is 6. The number of carbonyl (C=O) groups is 1. The molecule has 2 rings (SSSR count). The highest BCUT2D eigenvalue weighted by Crippen LogP contribution is 2.25. The number of halogens is 1.